The van der Waals surface area contributed by atoms with Gasteiger partial charge in [-0.1, -0.05) is 18.2 Å². The fraction of sp³-hybridized carbons (Fsp3) is 0.103. The van der Waals surface area contributed by atoms with Crippen LogP contribution in [0.5, 0.6) is 46.0 Å². The van der Waals surface area contributed by atoms with Gasteiger partial charge in [0, 0.05) is 29.5 Å². The Morgan fingerprint density at radius 1 is 0.595 bits per heavy atom. The molecule has 4 aromatic rings. The lowest BCUT2D eigenvalue weighted by Crippen LogP contribution is -2.08. The normalized spacial score (nSPS) is 17.6. The second kappa shape index (κ2) is 8.91. The van der Waals surface area contributed by atoms with Crippen molar-refractivity contribution in [3.63, 3.8) is 0 Å². The van der Waals surface area contributed by atoms with Gasteiger partial charge in [0.15, 0.2) is 23.0 Å². The van der Waals surface area contributed by atoms with Crippen molar-refractivity contribution < 1.29 is 40.5 Å². The van der Waals surface area contributed by atoms with Crippen LogP contribution < -0.4 is 4.74 Å². The third-order valence-corrected chi connectivity index (χ3v) is 6.60. The van der Waals surface area contributed by atoms with Gasteiger partial charge in [0.05, 0.1) is 7.11 Å². The summed E-state index contributed by atoms with van der Waals surface area (Å²) in [5.74, 6) is -2.42. The van der Waals surface area contributed by atoms with Gasteiger partial charge in [0.1, 0.15) is 23.0 Å². The predicted octanol–water partition coefficient (Wildman–Crippen LogP) is 5.10. The lowest BCUT2D eigenvalue weighted by atomic mass is 9.79. The first-order valence-corrected chi connectivity index (χ1v) is 11.4. The number of phenolic OH excluding ortho intramolecular Hbond substituents is 7. The fourth-order valence-corrected chi connectivity index (χ4v) is 5.10. The highest BCUT2D eigenvalue weighted by atomic mass is 16.5. The minimum absolute atomic E-state index is 0.0429. The van der Waals surface area contributed by atoms with Gasteiger partial charge in [0.2, 0.25) is 0 Å². The van der Waals surface area contributed by atoms with Crippen LogP contribution in [0.1, 0.15) is 39.7 Å². The summed E-state index contributed by atoms with van der Waals surface area (Å²) in [5.41, 5.74) is 3.26. The summed E-state index contributed by atoms with van der Waals surface area (Å²) < 4.78 is 5.24. The molecule has 7 N–H and O–H groups in total. The Morgan fingerprint density at radius 2 is 1.27 bits per heavy atom. The molecule has 0 aromatic heterocycles. The number of phenols is 7. The van der Waals surface area contributed by atoms with Crippen molar-refractivity contribution >= 4 is 11.6 Å². The van der Waals surface area contributed by atoms with E-state index in [1.54, 1.807) is 24.3 Å². The highest BCUT2D eigenvalue weighted by Gasteiger charge is 2.41. The van der Waals surface area contributed by atoms with Crippen molar-refractivity contribution in [2.75, 3.05) is 7.11 Å². The molecule has 8 nitrogen and oxygen atoms in total. The third-order valence-electron chi connectivity index (χ3n) is 6.60. The molecule has 0 radical (unpaired) electrons. The molecule has 0 bridgehead atoms. The quantitative estimate of drug-likeness (QED) is 0.191. The van der Waals surface area contributed by atoms with E-state index in [2.05, 4.69) is 0 Å². The summed E-state index contributed by atoms with van der Waals surface area (Å²) in [6.45, 7) is 0. The molecule has 0 saturated heterocycles. The van der Waals surface area contributed by atoms with Gasteiger partial charge in [-0.15, -0.1) is 0 Å². The zero-order valence-corrected chi connectivity index (χ0v) is 19.6. The molecule has 1 aliphatic carbocycles. The molecule has 0 unspecified atom stereocenters. The molecule has 0 fully saturated rings. The molecule has 0 heterocycles. The van der Waals surface area contributed by atoms with Gasteiger partial charge >= 0.3 is 0 Å². The van der Waals surface area contributed by atoms with Gasteiger partial charge < -0.3 is 40.5 Å². The number of hydrogen-bond donors (Lipinski definition) is 7. The smallest absolute Gasteiger partial charge is 0.161 e. The average molecular weight is 501 g/mol. The lowest BCUT2D eigenvalue weighted by molar-refractivity contribution is 0.373. The first kappa shape index (κ1) is 23.7. The van der Waals surface area contributed by atoms with Crippen LogP contribution in [0.3, 0.4) is 0 Å². The molecule has 4 aromatic carbocycles. The fourth-order valence-electron chi connectivity index (χ4n) is 5.10. The van der Waals surface area contributed by atoms with E-state index in [-0.39, 0.29) is 46.0 Å². The van der Waals surface area contributed by atoms with Crippen molar-refractivity contribution in [3.05, 3.63) is 94.5 Å². The van der Waals surface area contributed by atoms with E-state index in [9.17, 15) is 35.7 Å². The maximum Gasteiger partial charge on any atom is 0.161 e. The standard InChI is InChI=1S/C29H24O8/c1-37-26-7-14(2-4-23(26)34)6-20-21-12-19(32)13-25(36)29(21)28(15-3-5-22(33)24(35)10-15)27(20)16-8-17(30)11-18(31)9-16/h2-13,27-28,30-36H,1H3/b20-6+/t27-,28+/m0/s1. The van der Waals surface area contributed by atoms with Gasteiger partial charge in [-0.05, 0) is 70.3 Å². The largest absolute Gasteiger partial charge is 0.508 e. The number of fused-ring (bicyclic) bond motifs is 1. The maximum atomic E-state index is 11.0. The first-order valence-electron chi connectivity index (χ1n) is 11.4. The summed E-state index contributed by atoms with van der Waals surface area (Å²) in [6.07, 6.45) is 1.80. The van der Waals surface area contributed by atoms with E-state index in [1.165, 1.54) is 55.6 Å². The Kier molecular flexibility index (Phi) is 5.72. The monoisotopic (exact) mass is 500 g/mol. The summed E-state index contributed by atoms with van der Waals surface area (Å²) in [7, 11) is 1.43. The Hall–Kier alpha value is -4.98. The minimum Gasteiger partial charge on any atom is -0.508 e. The number of methoxy groups -OCH3 is 1. The molecule has 8 heteroatoms. The zero-order chi connectivity index (χ0) is 26.4. The van der Waals surface area contributed by atoms with Crippen LogP contribution in [0.4, 0.5) is 0 Å². The highest BCUT2D eigenvalue weighted by molar-refractivity contribution is 5.93. The SMILES string of the molecule is COc1cc(/C=C2\c3cc(O)cc(O)c3[C@H](c3ccc(O)c(O)c3)[C@H]2c2cc(O)cc(O)c2)ccc1O. The van der Waals surface area contributed by atoms with Crippen molar-refractivity contribution in [2.24, 2.45) is 0 Å². The number of ether oxygens (including phenoxy) is 1. The van der Waals surface area contributed by atoms with Crippen LogP contribution >= 0.6 is 0 Å². The summed E-state index contributed by atoms with van der Waals surface area (Å²) in [6, 6.07) is 16.0. The van der Waals surface area contributed by atoms with E-state index in [0.29, 0.717) is 33.4 Å². The van der Waals surface area contributed by atoms with E-state index in [0.717, 1.165) is 0 Å². The third kappa shape index (κ3) is 4.18. The molecule has 5 rings (SSSR count). The second-order valence-electron chi connectivity index (χ2n) is 8.94. The number of allylic oxidation sites excluding steroid dienone is 1. The van der Waals surface area contributed by atoms with Gasteiger partial charge in [-0.3, -0.25) is 0 Å². The van der Waals surface area contributed by atoms with Gasteiger partial charge in [0.25, 0.3) is 0 Å². The van der Waals surface area contributed by atoms with Crippen LogP contribution in [0, 0.1) is 0 Å². The Morgan fingerprint density at radius 3 is 1.95 bits per heavy atom. The number of aromatic hydroxyl groups is 7. The van der Waals surface area contributed by atoms with E-state index in [1.807, 2.05) is 0 Å². The Balaban J connectivity index is 1.84. The van der Waals surface area contributed by atoms with Crippen LogP contribution in [0.2, 0.25) is 0 Å². The molecule has 188 valence electrons. The maximum absolute atomic E-state index is 11.0. The molecule has 0 saturated carbocycles. The molecule has 0 spiro atoms. The highest BCUT2D eigenvalue weighted by Crippen LogP contribution is 2.59. The predicted molar refractivity (Wildman–Crippen MR) is 136 cm³/mol. The molecule has 37 heavy (non-hydrogen) atoms. The molecule has 0 aliphatic heterocycles. The topological polar surface area (TPSA) is 151 Å². The van der Waals surface area contributed by atoms with Crippen LogP contribution in [0.25, 0.3) is 11.6 Å². The average Bonchev–Trinajstić information content (AvgIpc) is 3.15. The van der Waals surface area contributed by atoms with Crippen molar-refractivity contribution in [2.45, 2.75) is 11.8 Å². The van der Waals surface area contributed by atoms with E-state index >= 15 is 0 Å². The van der Waals surface area contributed by atoms with Crippen molar-refractivity contribution in [1.29, 1.82) is 0 Å². The van der Waals surface area contributed by atoms with Crippen LogP contribution in [0.15, 0.2) is 66.7 Å². The number of benzene rings is 4. The second-order valence-corrected chi connectivity index (χ2v) is 8.94. The number of hydrogen-bond acceptors (Lipinski definition) is 8. The summed E-state index contributed by atoms with van der Waals surface area (Å²) in [4.78, 5) is 0. The van der Waals surface area contributed by atoms with Gasteiger partial charge in [-0.2, -0.15) is 0 Å². The lowest BCUT2D eigenvalue weighted by Gasteiger charge is -2.24. The van der Waals surface area contributed by atoms with E-state index in [4.69, 9.17) is 4.74 Å². The Labute approximate surface area is 211 Å². The van der Waals surface area contributed by atoms with E-state index < -0.39 is 11.8 Å². The molecular formula is C29H24O8. The van der Waals surface area contributed by atoms with Crippen LogP contribution in [-0.4, -0.2) is 42.9 Å². The first-order chi connectivity index (χ1) is 17.7. The molecule has 0 amide bonds. The number of rotatable bonds is 4. The van der Waals surface area contributed by atoms with Crippen LogP contribution in [-0.2, 0) is 0 Å². The zero-order valence-electron chi connectivity index (χ0n) is 19.6. The summed E-state index contributed by atoms with van der Waals surface area (Å²) in [5, 5.41) is 72.2. The van der Waals surface area contributed by atoms with Gasteiger partial charge in [-0.25, -0.2) is 0 Å². The van der Waals surface area contributed by atoms with Crippen molar-refractivity contribution in [3.8, 4) is 46.0 Å². The van der Waals surface area contributed by atoms with Crippen molar-refractivity contribution in [1.82, 2.24) is 0 Å². The molecule has 1 aliphatic rings. The Bertz CT molecular complexity index is 1540. The summed E-state index contributed by atoms with van der Waals surface area (Å²) >= 11 is 0. The molecule has 2 atom stereocenters. The molecular weight excluding hydrogens is 476 g/mol. The minimum atomic E-state index is -0.645.